The van der Waals surface area contributed by atoms with Crippen LogP contribution in [0.15, 0.2) is 22.9 Å². The van der Waals surface area contributed by atoms with Gasteiger partial charge in [0, 0.05) is 38.9 Å². The summed E-state index contributed by atoms with van der Waals surface area (Å²) in [5.74, 6) is 0. The minimum absolute atomic E-state index is 0. The molecule has 0 atom stereocenters. The summed E-state index contributed by atoms with van der Waals surface area (Å²) in [6.45, 7) is 5.52. The summed E-state index contributed by atoms with van der Waals surface area (Å²) in [7, 11) is 0. The summed E-state index contributed by atoms with van der Waals surface area (Å²) in [5.41, 5.74) is 1.33. The summed E-state index contributed by atoms with van der Waals surface area (Å²) in [5, 5.41) is 3.35. The van der Waals surface area contributed by atoms with Crippen molar-refractivity contribution in [2.45, 2.75) is 6.54 Å². The molecule has 0 spiro atoms. The molecule has 15 heavy (non-hydrogen) atoms. The monoisotopic (exact) mass is 291 g/mol. The molecule has 3 nitrogen and oxygen atoms in total. The zero-order valence-electron chi connectivity index (χ0n) is 8.45. The van der Waals surface area contributed by atoms with E-state index in [0.717, 1.165) is 37.3 Å². The van der Waals surface area contributed by atoms with E-state index in [-0.39, 0.29) is 12.4 Å². The van der Waals surface area contributed by atoms with E-state index in [1.54, 1.807) is 0 Å². The molecule has 1 aliphatic heterocycles. The maximum Gasteiger partial charge on any atom is 0.106 e. The van der Waals surface area contributed by atoms with Crippen LogP contribution < -0.4 is 5.32 Å². The van der Waals surface area contributed by atoms with Crippen LogP contribution in [0.25, 0.3) is 0 Å². The molecule has 1 aromatic rings. The van der Waals surface area contributed by atoms with Gasteiger partial charge in [-0.15, -0.1) is 12.4 Å². The first-order valence-electron chi connectivity index (χ1n) is 4.88. The maximum absolute atomic E-state index is 4.12. The van der Waals surface area contributed by atoms with Crippen molar-refractivity contribution < 1.29 is 0 Å². The molecule has 1 N–H and O–H groups in total. The van der Waals surface area contributed by atoms with Crippen LogP contribution >= 0.6 is 28.3 Å². The van der Waals surface area contributed by atoms with Gasteiger partial charge in [0.2, 0.25) is 0 Å². The standard InChI is InChI=1S/C10H14BrN3.ClH/c11-10-7-9(1-2-13-10)8-14-5-3-12-4-6-14;/h1-2,7,12H,3-6,8H2;1H. The van der Waals surface area contributed by atoms with E-state index in [9.17, 15) is 0 Å². The molecular formula is C10H15BrClN3. The molecular weight excluding hydrogens is 277 g/mol. The van der Waals surface area contributed by atoms with Gasteiger partial charge in [-0.25, -0.2) is 4.98 Å². The van der Waals surface area contributed by atoms with Crippen molar-refractivity contribution in [1.29, 1.82) is 0 Å². The van der Waals surface area contributed by atoms with E-state index in [0.29, 0.717) is 0 Å². The maximum atomic E-state index is 4.12. The fourth-order valence-electron chi connectivity index (χ4n) is 1.67. The molecule has 1 saturated heterocycles. The summed E-state index contributed by atoms with van der Waals surface area (Å²) in [6.07, 6.45) is 1.85. The van der Waals surface area contributed by atoms with Crippen molar-refractivity contribution in [3.05, 3.63) is 28.5 Å². The van der Waals surface area contributed by atoms with E-state index < -0.39 is 0 Å². The molecule has 0 unspecified atom stereocenters. The summed E-state index contributed by atoms with van der Waals surface area (Å²) in [6, 6.07) is 4.16. The molecule has 0 amide bonds. The van der Waals surface area contributed by atoms with Crippen LogP contribution in [0.3, 0.4) is 0 Å². The van der Waals surface area contributed by atoms with Crippen LogP contribution in [0.2, 0.25) is 0 Å². The van der Waals surface area contributed by atoms with Crippen LogP contribution in [-0.2, 0) is 6.54 Å². The van der Waals surface area contributed by atoms with Crippen molar-refractivity contribution in [2.75, 3.05) is 26.2 Å². The Morgan fingerprint density at radius 2 is 2.13 bits per heavy atom. The molecule has 5 heteroatoms. The molecule has 0 aliphatic carbocycles. The van der Waals surface area contributed by atoms with Gasteiger partial charge in [-0.2, -0.15) is 0 Å². The Morgan fingerprint density at radius 1 is 1.40 bits per heavy atom. The van der Waals surface area contributed by atoms with Gasteiger partial charge in [-0.3, -0.25) is 4.90 Å². The predicted octanol–water partition coefficient (Wildman–Crippen LogP) is 1.67. The third-order valence-corrected chi connectivity index (χ3v) is 2.84. The summed E-state index contributed by atoms with van der Waals surface area (Å²) < 4.78 is 0.921. The van der Waals surface area contributed by atoms with Gasteiger partial charge in [0.15, 0.2) is 0 Å². The summed E-state index contributed by atoms with van der Waals surface area (Å²) >= 11 is 3.38. The lowest BCUT2D eigenvalue weighted by atomic mass is 10.2. The highest BCUT2D eigenvalue weighted by Gasteiger charge is 2.09. The number of piperazine rings is 1. The van der Waals surface area contributed by atoms with E-state index in [1.807, 2.05) is 6.20 Å². The zero-order chi connectivity index (χ0) is 9.80. The topological polar surface area (TPSA) is 28.2 Å². The van der Waals surface area contributed by atoms with Crippen LogP contribution in [-0.4, -0.2) is 36.1 Å². The van der Waals surface area contributed by atoms with Crippen molar-refractivity contribution in [3.8, 4) is 0 Å². The molecule has 84 valence electrons. The summed E-state index contributed by atoms with van der Waals surface area (Å²) in [4.78, 5) is 6.58. The van der Waals surface area contributed by atoms with Crippen LogP contribution in [0.1, 0.15) is 5.56 Å². The van der Waals surface area contributed by atoms with Gasteiger partial charge in [-0.05, 0) is 33.6 Å². The van der Waals surface area contributed by atoms with Gasteiger partial charge >= 0.3 is 0 Å². The molecule has 0 radical (unpaired) electrons. The molecule has 0 saturated carbocycles. The van der Waals surface area contributed by atoms with Gasteiger partial charge in [0.05, 0.1) is 0 Å². The Hall–Kier alpha value is -0.160. The van der Waals surface area contributed by atoms with Gasteiger partial charge in [-0.1, -0.05) is 0 Å². The van der Waals surface area contributed by atoms with Crippen LogP contribution in [0, 0.1) is 0 Å². The third kappa shape index (κ3) is 4.07. The highest BCUT2D eigenvalue weighted by atomic mass is 79.9. The average molecular weight is 293 g/mol. The number of nitrogens with one attached hydrogen (secondary N) is 1. The van der Waals surface area contributed by atoms with E-state index in [1.165, 1.54) is 5.56 Å². The highest BCUT2D eigenvalue weighted by molar-refractivity contribution is 9.10. The molecule has 0 aromatic carbocycles. The number of rotatable bonds is 2. The van der Waals surface area contributed by atoms with Crippen molar-refractivity contribution in [3.63, 3.8) is 0 Å². The Balaban J connectivity index is 0.00000112. The Labute approximate surface area is 105 Å². The predicted molar refractivity (Wildman–Crippen MR) is 67.3 cm³/mol. The first-order chi connectivity index (χ1) is 6.84. The molecule has 1 aliphatic rings. The minimum atomic E-state index is 0. The molecule has 2 rings (SSSR count). The van der Waals surface area contributed by atoms with Crippen molar-refractivity contribution in [2.24, 2.45) is 0 Å². The van der Waals surface area contributed by atoms with Gasteiger partial charge in [0.25, 0.3) is 0 Å². The lowest BCUT2D eigenvalue weighted by molar-refractivity contribution is 0.233. The number of aromatic nitrogens is 1. The van der Waals surface area contributed by atoms with Crippen LogP contribution in [0.5, 0.6) is 0 Å². The zero-order valence-corrected chi connectivity index (χ0v) is 10.9. The largest absolute Gasteiger partial charge is 0.314 e. The van der Waals surface area contributed by atoms with Crippen molar-refractivity contribution >= 4 is 28.3 Å². The second-order valence-electron chi connectivity index (χ2n) is 3.51. The first-order valence-corrected chi connectivity index (χ1v) is 5.67. The third-order valence-electron chi connectivity index (χ3n) is 2.41. The van der Waals surface area contributed by atoms with Gasteiger partial charge in [0.1, 0.15) is 4.60 Å². The fourth-order valence-corrected chi connectivity index (χ4v) is 2.08. The quantitative estimate of drug-likeness (QED) is 0.841. The number of halogens is 2. The van der Waals surface area contributed by atoms with E-state index in [2.05, 4.69) is 43.3 Å². The minimum Gasteiger partial charge on any atom is -0.314 e. The fraction of sp³-hybridized carbons (Fsp3) is 0.500. The molecule has 1 fully saturated rings. The molecule has 0 bridgehead atoms. The average Bonchev–Trinajstić information content (AvgIpc) is 2.19. The lowest BCUT2D eigenvalue weighted by Crippen LogP contribution is -2.42. The van der Waals surface area contributed by atoms with E-state index >= 15 is 0 Å². The number of pyridine rings is 1. The number of nitrogens with zero attached hydrogens (tertiary/aromatic N) is 2. The highest BCUT2D eigenvalue weighted by Crippen LogP contribution is 2.10. The smallest absolute Gasteiger partial charge is 0.106 e. The SMILES string of the molecule is Brc1cc(CN2CCNCC2)ccn1.Cl. The van der Waals surface area contributed by atoms with Crippen molar-refractivity contribution in [1.82, 2.24) is 15.2 Å². The Kier molecular flexibility index (Phi) is 5.53. The Bertz CT molecular complexity index is 302. The molecule has 1 aromatic heterocycles. The second-order valence-corrected chi connectivity index (χ2v) is 4.33. The first kappa shape index (κ1) is 12.9. The Morgan fingerprint density at radius 3 is 2.80 bits per heavy atom. The van der Waals surface area contributed by atoms with E-state index in [4.69, 9.17) is 0 Å². The lowest BCUT2D eigenvalue weighted by Gasteiger charge is -2.27. The second kappa shape index (κ2) is 6.43. The number of hydrogen-bond acceptors (Lipinski definition) is 3. The van der Waals surface area contributed by atoms with Crippen LogP contribution in [0.4, 0.5) is 0 Å². The number of hydrogen-bond donors (Lipinski definition) is 1. The molecule has 2 heterocycles. The van der Waals surface area contributed by atoms with Gasteiger partial charge < -0.3 is 5.32 Å². The normalized spacial score (nSPS) is 17.1.